The molecule has 4 heteroatoms. The van der Waals surface area contributed by atoms with Crippen LogP contribution in [0.4, 0.5) is 0 Å². The van der Waals surface area contributed by atoms with E-state index < -0.39 is 0 Å². The minimum absolute atomic E-state index is 0.0903. The first-order valence-corrected chi connectivity index (χ1v) is 4.73. The van der Waals surface area contributed by atoms with Gasteiger partial charge in [0.1, 0.15) is 0 Å². The van der Waals surface area contributed by atoms with Crippen LogP contribution in [0.5, 0.6) is 5.88 Å². The van der Waals surface area contributed by atoms with E-state index in [9.17, 15) is 0 Å². The number of aliphatic hydroxyl groups is 1. The van der Waals surface area contributed by atoms with Gasteiger partial charge in [0, 0.05) is 6.07 Å². The van der Waals surface area contributed by atoms with Crippen LogP contribution in [-0.2, 0) is 6.61 Å². The third-order valence-electron chi connectivity index (χ3n) is 2.10. The zero-order valence-corrected chi connectivity index (χ0v) is 8.77. The van der Waals surface area contributed by atoms with Crippen molar-refractivity contribution in [3.8, 4) is 5.88 Å². The second-order valence-electron chi connectivity index (χ2n) is 3.59. The Kier molecular flexibility index (Phi) is 3.83. The Morgan fingerprint density at radius 1 is 1.29 bits per heavy atom. The van der Waals surface area contributed by atoms with Gasteiger partial charge in [0.2, 0.25) is 5.88 Å². The second kappa shape index (κ2) is 4.91. The van der Waals surface area contributed by atoms with Gasteiger partial charge >= 0.3 is 0 Å². The molecule has 0 aliphatic heterocycles. The molecule has 0 saturated carbocycles. The Morgan fingerprint density at radius 3 is 2.43 bits per heavy atom. The molecule has 0 fully saturated rings. The van der Waals surface area contributed by atoms with Crippen molar-refractivity contribution < 1.29 is 9.84 Å². The summed E-state index contributed by atoms with van der Waals surface area (Å²) in [6, 6.07) is 3.42. The quantitative estimate of drug-likeness (QED) is 0.790. The topological polar surface area (TPSA) is 55.2 Å². The normalized spacial score (nSPS) is 12.9. The maximum absolute atomic E-state index is 8.76. The van der Waals surface area contributed by atoms with E-state index >= 15 is 0 Å². The molecule has 0 bridgehead atoms. The molecule has 14 heavy (non-hydrogen) atoms. The maximum Gasteiger partial charge on any atom is 0.233 e. The number of hydrogen-bond donors (Lipinski definition) is 1. The molecular formula is C10H16N2O2. The lowest BCUT2D eigenvalue weighted by Crippen LogP contribution is -2.19. The summed E-state index contributed by atoms with van der Waals surface area (Å²) in [4.78, 5) is 0. The molecule has 1 atom stereocenters. The molecule has 0 radical (unpaired) electrons. The second-order valence-corrected chi connectivity index (χ2v) is 3.59. The Hall–Kier alpha value is -1.16. The van der Waals surface area contributed by atoms with Crippen LogP contribution in [0.1, 0.15) is 26.5 Å². The molecule has 4 nitrogen and oxygen atoms in total. The molecule has 0 amide bonds. The third kappa shape index (κ3) is 2.96. The fraction of sp³-hybridized carbons (Fsp3) is 0.600. The van der Waals surface area contributed by atoms with E-state index in [4.69, 9.17) is 9.84 Å². The molecule has 0 aromatic carbocycles. The minimum atomic E-state index is -0.0903. The molecule has 1 N–H and O–H groups in total. The molecule has 1 heterocycles. The molecule has 1 unspecified atom stereocenters. The summed E-state index contributed by atoms with van der Waals surface area (Å²) in [5, 5.41) is 16.4. The SMILES string of the molecule is CC(C)C(C)Oc1ccc(CO)nn1. The zero-order chi connectivity index (χ0) is 10.6. The molecular weight excluding hydrogens is 180 g/mol. The molecule has 0 aliphatic carbocycles. The van der Waals surface area contributed by atoms with Gasteiger partial charge in [-0.25, -0.2) is 0 Å². The van der Waals surface area contributed by atoms with E-state index in [1.54, 1.807) is 12.1 Å². The van der Waals surface area contributed by atoms with Gasteiger partial charge in [-0.1, -0.05) is 13.8 Å². The number of rotatable bonds is 4. The van der Waals surface area contributed by atoms with Gasteiger partial charge in [0.15, 0.2) is 0 Å². The van der Waals surface area contributed by atoms with E-state index in [1.807, 2.05) is 6.92 Å². The lowest BCUT2D eigenvalue weighted by atomic mass is 10.1. The first-order valence-electron chi connectivity index (χ1n) is 4.73. The van der Waals surface area contributed by atoms with E-state index in [0.29, 0.717) is 17.5 Å². The van der Waals surface area contributed by atoms with Gasteiger partial charge in [0.25, 0.3) is 0 Å². The summed E-state index contributed by atoms with van der Waals surface area (Å²) in [6.45, 7) is 6.07. The number of aromatic nitrogens is 2. The fourth-order valence-electron chi connectivity index (χ4n) is 0.821. The highest BCUT2D eigenvalue weighted by atomic mass is 16.5. The molecule has 1 rings (SSSR count). The van der Waals surface area contributed by atoms with Crippen molar-refractivity contribution in [1.82, 2.24) is 10.2 Å². The molecule has 1 aromatic rings. The Labute approximate surface area is 83.9 Å². The molecule has 1 aromatic heterocycles. The first-order chi connectivity index (χ1) is 6.63. The minimum Gasteiger partial charge on any atom is -0.473 e. The van der Waals surface area contributed by atoms with E-state index in [0.717, 1.165) is 0 Å². The summed E-state index contributed by atoms with van der Waals surface area (Å²) in [7, 11) is 0. The molecule has 78 valence electrons. The van der Waals surface area contributed by atoms with Gasteiger partial charge in [-0.2, -0.15) is 0 Å². The van der Waals surface area contributed by atoms with Gasteiger partial charge in [-0.15, -0.1) is 10.2 Å². The van der Waals surface area contributed by atoms with Crippen molar-refractivity contribution in [3.63, 3.8) is 0 Å². The van der Waals surface area contributed by atoms with Crippen LogP contribution in [0.3, 0.4) is 0 Å². The van der Waals surface area contributed by atoms with Gasteiger partial charge < -0.3 is 9.84 Å². The predicted octanol–water partition coefficient (Wildman–Crippen LogP) is 1.39. The van der Waals surface area contributed by atoms with Crippen LogP contribution in [0, 0.1) is 5.92 Å². The Morgan fingerprint density at radius 2 is 2.00 bits per heavy atom. The third-order valence-corrected chi connectivity index (χ3v) is 2.10. The van der Waals surface area contributed by atoms with Crippen LogP contribution in [0.15, 0.2) is 12.1 Å². The summed E-state index contributed by atoms with van der Waals surface area (Å²) in [5.41, 5.74) is 0.551. The maximum atomic E-state index is 8.76. The van der Waals surface area contributed by atoms with Crippen LogP contribution in [-0.4, -0.2) is 21.4 Å². The first kappa shape index (κ1) is 10.9. The average Bonchev–Trinajstić information content (AvgIpc) is 2.19. The van der Waals surface area contributed by atoms with E-state index in [1.165, 1.54) is 0 Å². The van der Waals surface area contributed by atoms with Crippen LogP contribution < -0.4 is 4.74 Å². The van der Waals surface area contributed by atoms with Crippen molar-refractivity contribution in [2.24, 2.45) is 5.92 Å². The summed E-state index contributed by atoms with van der Waals surface area (Å²) >= 11 is 0. The highest BCUT2D eigenvalue weighted by molar-refractivity contribution is 5.11. The highest BCUT2D eigenvalue weighted by Crippen LogP contribution is 2.11. The molecule has 0 aliphatic rings. The lowest BCUT2D eigenvalue weighted by Gasteiger charge is -2.16. The number of ether oxygens (including phenoxy) is 1. The predicted molar refractivity (Wildman–Crippen MR) is 52.9 cm³/mol. The van der Waals surface area contributed by atoms with Crippen LogP contribution >= 0.6 is 0 Å². The number of aliphatic hydroxyl groups excluding tert-OH is 1. The Balaban J connectivity index is 2.59. The van der Waals surface area contributed by atoms with E-state index in [2.05, 4.69) is 24.0 Å². The largest absolute Gasteiger partial charge is 0.473 e. The summed E-state index contributed by atoms with van der Waals surface area (Å²) in [6.07, 6.45) is 0.115. The lowest BCUT2D eigenvalue weighted by molar-refractivity contribution is 0.161. The van der Waals surface area contributed by atoms with Crippen molar-refractivity contribution >= 4 is 0 Å². The highest BCUT2D eigenvalue weighted by Gasteiger charge is 2.09. The number of nitrogens with zero attached hydrogens (tertiary/aromatic N) is 2. The van der Waals surface area contributed by atoms with Crippen molar-refractivity contribution in [1.29, 1.82) is 0 Å². The fourth-order valence-corrected chi connectivity index (χ4v) is 0.821. The van der Waals surface area contributed by atoms with Crippen LogP contribution in [0.25, 0.3) is 0 Å². The van der Waals surface area contributed by atoms with Crippen LogP contribution in [0.2, 0.25) is 0 Å². The monoisotopic (exact) mass is 196 g/mol. The Bertz CT molecular complexity index is 272. The summed E-state index contributed by atoms with van der Waals surface area (Å²) in [5.74, 6) is 0.942. The van der Waals surface area contributed by atoms with Crippen molar-refractivity contribution in [3.05, 3.63) is 17.8 Å². The van der Waals surface area contributed by atoms with Gasteiger partial charge in [0.05, 0.1) is 18.4 Å². The average molecular weight is 196 g/mol. The zero-order valence-electron chi connectivity index (χ0n) is 8.77. The van der Waals surface area contributed by atoms with Gasteiger partial charge in [-0.05, 0) is 18.9 Å². The van der Waals surface area contributed by atoms with Gasteiger partial charge in [-0.3, -0.25) is 0 Å². The number of hydrogen-bond acceptors (Lipinski definition) is 4. The smallest absolute Gasteiger partial charge is 0.233 e. The standard InChI is InChI=1S/C10H16N2O2/c1-7(2)8(3)14-10-5-4-9(6-13)11-12-10/h4-5,7-8,13H,6H2,1-3H3. The summed E-state index contributed by atoms with van der Waals surface area (Å²) < 4.78 is 5.52. The van der Waals surface area contributed by atoms with Crippen molar-refractivity contribution in [2.75, 3.05) is 0 Å². The van der Waals surface area contributed by atoms with Crippen molar-refractivity contribution in [2.45, 2.75) is 33.5 Å². The molecule has 0 spiro atoms. The van der Waals surface area contributed by atoms with E-state index in [-0.39, 0.29) is 12.7 Å². The molecule has 0 saturated heterocycles.